The number of hydrogen-bond acceptors (Lipinski definition) is 5. The van der Waals surface area contributed by atoms with Gasteiger partial charge in [-0.05, 0) is 42.2 Å². The van der Waals surface area contributed by atoms with Crippen molar-refractivity contribution >= 4 is 15.9 Å². The zero-order valence-corrected chi connectivity index (χ0v) is 17.2. The average Bonchev–Trinajstić information content (AvgIpc) is 3.33. The predicted octanol–water partition coefficient (Wildman–Crippen LogP) is 2.19. The summed E-state index contributed by atoms with van der Waals surface area (Å²) in [5.41, 5.74) is 2.98. The molecule has 2 aromatic heterocycles. The summed E-state index contributed by atoms with van der Waals surface area (Å²) in [5.74, 6) is -0.222. The van der Waals surface area contributed by atoms with Gasteiger partial charge in [0.2, 0.25) is 15.9 Å². The summed E-state index contributed by atoms with van der Waals surface area (Å²) in [4.78, 5) is 16.6. The molecule has 1 aliphatic rings. The smallest absolute Gasteiger partial charge is 0.244 e. The Kier molecular flexibility index (Phi) is 5.91. The topological polar surface area (TPSA) is 108 Å². The van der Waals surface area contributed by atoms with Crippen molar-refractivity contribution in [2.45, 2.75) is 24.3 Å². The maximum absolute atomic E-state index is 12.7. The van der Waals surface area contributed by atoms with Crippen LogP contribution in [0.1, 0.15) is 18.4 Å². The number of aromatic amines is 1. The van der Waals surface area contributed by atoms with Crippen molar-refractivity contribution in [3.8, 4) is 11.3 Å². The summed E-state index contributed by atoms with van der Waals surface area (Å²) in [5, 5.41) is 9.84. The largest absolute Gasteiger partial charge is 0.352 e. The van der Waals surface area contributed by atoms with E-state index in [1.807, 2.05) is 30.3 Å². The number of nitrogens with one attached hydrogen (secondary N) is 2. The number of sulfonamides is 1. The quantitative estimate of drug-likeness (QED) is 0.629. The number of hydrogen-bond donors (Lipinski definition) is 2. The number of carbonyl (C=O) groups excluding carboxylic acids is 1. The fourth-order valence-electron chi connectivity index (χ4n) is 3.56. The predicted molar refractivity (Wildman–Crippen MR) is 112 cm³/mol. The van der Waals surface area contributed by atoms with Gasteiger partial charge in [-0.25, -0.2) is 8.42 Å². The first-order chi connectivity index (χ1) is 14.5. The van der Waals surface area contributed by atoms with E-state index in [1.54, 1.807) is 24.5 Å². The average molecular weight is 426 g/mol. The molecule has 0 saturated carbocycles. The number of rotatable bonds is 6. The minimum atomic E-state index is -3.56. The highest BCUT2D eigenvalue weighted by Gasteiger charge is 2.32. The SMILES string of the molecule is O=C(NCc1ccc(-c2ccn[nH]2)cc1)C1CCN(S(=O)(=O)c2cccnc2)CC1. The Bertz CT molecular complexity index is 1080. The molecule has 0 radical (unpaired) electrons. The van der Waals surface area contributed by atoms with Gasteiger partial charge >= 0.3 is 0 Å². The molecule has 3 aromatic rings. The second kappa shape index (κ2) is 8.76. The Balaban J connectivity index is 1.28. The summed E-state index contributed by atoms with van der Waals surface area (Å²) >= 11 is 0. The number of H-pyrrole nitrogens is 1. The number of carbonyl (C=O) groups is 1. The van der Waals surface area contributed by atoms with Crippen LogP contribution in [0.3, 0.4) is 0 Å². The molecule has 0 aliphatic carbocycles. The van der Waals surface area contributed by atoms with Crippen LogP contribution in [0.5, 0.6) is 0 Å². The van der Waals surface area contributed by atoms with Crippen molar-refractivity contribution in [2.75, 3.05) is 13.1 Å². The van der Waals surface area contributed by atoms with Crippen molar-refractivity contribution < 1.29 is 13.2 Å². The van der Waals surface area contributed by atoms with Crippen LogP contribution >= 0.6 is 0 Å². The maximum Gasteiger partial charge on any atom is 0.244 e. The lowest BCUT2D eigenvalue weighted by Crippen LogP contribution is -2.42. The Hall–Kier alpha value is -3.04. The number of benzene rings is 1. The van der Waals surface area contributed by atoms with Crippen molar-refractivity contribution in [2.24, 2.45) is 5.92 Å². The van der Waals surface area contributed by atoms with Crippen molar-refractivity contribution in [3.05, 3.63) is 66.6 Å². The van der Waals surface area contributed by atoms with Gasteiger partial charge in [-0.2, -0.15) is 9.40 Å². The molecule has 0 atom stereocenters. The van der Waals surface area contributed by atoms with Crippen molar-refractivity contribution in [1.82, 2.24) is 24.8 Å². The molecule has 0 unspecified atom stereocenters. The van der Waals surface area contributed by atoms with Crippen molar-refractivity contribution in [1.29, 1.82) is 0 Å². The lowest BCUT2D eigenvalue weighted by Gasteiger charge is -2.30. The van der Waals surface area contributed by atoms with E-state index >= 15 is 0 Å². The monoisotopic (exact) mass is 425 g/mol. The molecule has 4 rings (SSSR count). The number of nitrogens with zero attached hydrogens (tertiary/aromatic N) is 3. The minimum absolute atomic E-state index is 0.0360. The van der Waals surface area contributed by atoms with E-state index in [2.05, 4.69) is 20.5 Å². The first kappa shape index (κ1) is 20.2. The highest BCUT2D eigenvalue weighted by atomic mass is 32.2. The van der Waals surface area contributed by atoms with E-state index < -0.39 is 10.0 Å². The van der Waals surface area contributed by atoms with Crippen LogP contribution < -0.4 is 5.32 Å². The first-order valence-electron chi connectivity index (χ1n) is 9.80. The van der Waals surface area contributed by atoms with E-state index in [1.165, 1.54) is 10.5 Å². The Morgan fingerprint density at radius 3 is 2.50 bits per heavy atom. The molecular formula is C21H23N5O3S. The summed E-state index contributed by atoms with van der Waals surface area (Å²) < 4.78 is 26.8. The van der Waals surface area contributed by atoms with Gasteiger partial charge in [0.15, 0.2) is 0 Å². The highest BCUT2D eigenvalue weighted by Crippen LogP contribution is 2.24. The fraction of sp³-hybridized carbons (Fsp3) is 0.286. The fourth-order valence-corrected chi connectivity index (χ4v) is 4.99. The maximum atomic E-state index is 12.7. The van der Waals surface area contributed by atoms with Gasteiger partial charge in [0.25, 0.3) is 0 Å². The van der Waals surface area contributed by atoms with Crippen LogP contribution in [0.25, 0.3) is 11.3 Å². The van der Waals surface area contributed by atoms with E-state index in [4.69, 9.17) is 0 Å². The zero-order chi connectivity index (χ0) is 21.0. The third-order valence-corrected chi connectivity index (χ3v) is 7.21. The molecule has 1 aliphatic heterocycles. The third kappa shape index (κ3) is 4.42. The molecule has 1 aromatic carbocycles. The second-order valence-corrected chi connectivity index (χ2v) is 9.19. The second-order valence-electron chi connectivity index (χ2n) is 7.25. The van der Waals surface area contributed by atoms with Crippen molar-refractivity contribution in [3.63, 3.8) is 0 Å². The first-order valence-corrected chi connectivity index (χ1v) is 11.2. The number of aromatic nitrogens is 3. The summed E-state index contributed by atoms with van der Waals surface area (Å²) in [6.07, 6.45) is 5.61. The summed E-state index contributed by atoms with van der Waals surface area (Å²) in [6, 6.07) is 13.0. The normalized spacial score (nSPS) is 15.7. The lowest BCUT2D eigenvalue weighted by atomic mass is 9.97. The highest BCUT2D eigenvalue weighted by molar-refractivity contribution is 7.89. The molecule has 0 bridgehead atoms. The molecule has 2 N–H and O–H groups in total. The molecular weight excluding hydrogens is 402 g/mol. The van der Waals surface area contributed by atoms with Gasteiger partial charge in [-0.3, -0.25) is 14.9 Å². The van der Waals surface area contributed by atoms with Crippen LogP contribution in [0.15, 0.2) is 66.0 Å². The standard InChI is InChI=1S/C21H23N5O3S/c27-21(23-14-16-3-5-17(6-4-16)20-7-11-24-25-20)18-8-12-26(13-9-18)30(28,29)19-2-1-10-22-15-19/h1-7,10-11,15,18H,8-9,12-14H2,(H,23,27)(H,24,25). The Labute approximate surface area is 175 Å². The van der Waals surface area contributed by atoms with E-state index in [-0.39, 0.29) is 16.7 Å². The lowest BCUT2D eigenvalue weighted by molar-refractivity contribution is -0.126. The Morgan fingerprint density at radius 1 is 1.10 bits per heavy atom. The van der Waals surface area contributed by atoms with Gasteiger partial charge < -0.3 is 5.32 Å². The molecule has 30 heavy (non-hydrogen) atoms. The van der Waals surface area contributed by atoms with Crippen LogP contribution in [-0.4, -0.2) is 46.9 Å². The molecule has 1 fully saturated rings. The molecule has 1 amide bonds. The van der Waals surface area contributed by atoms with Crippen LogP contribution in [0, 0.1) is 5.92 Å². The van der Waals surface area contributed by atoms with Crippen LogP contribution in [-0.2, 0) is 21.4 Å². The molecule has 156 valence electrons. The van der Waals surface area contributed by atoms with E-state index in [9.17, 15) is 13.2 Å². The third-order valence-electron chi connectivity index (χ3n) is 5.33. The van der Waals surface area contributed by atoms with E-state index in [0.717, 1.165) is 16.8 Å². The molecule has 9 heteroatoms. The minimum Gasteiger partial charge on any atom is -0.352 e. The summed E-state index contributed by atoms with van der Waals surface area (Å²) in [6.45, 7) is 1.10. The molecule has 0 spiro atoms. The number of pyridine rings is 1. The zero-order valence-electron chi connectivity index (χ0n) is 16.4. The van der Waals surface area contributed by atoms with Gasteiger partial charge in [0, 0.05) is 44.1 Å². The van der Waals surface area contributed by atoms with Gasteiger partial charge in [0.05, 0.1) is 5.69 Å². The molecule has 8 nitrogen and oxygen atoms in total. The summed E-state index contributed by atoms with van der Waals surface area (Å²) in [7, 11) is -3.56. The van der Waals surface area contributed by atoms with Gasteiger partial charge in [-0.1, -0.05) is 24.3 Å². The Morgan fingerprint density at radius 2 is 1.87 bits per heavy atom. The van der Waals surface area contributed by atoms with Crippen LogP contribution in [0.2, 0.25) is 0 Å². The molecule has 3 heterocycles. The molecule has 1 saturated heterocycles. The van der Waals surface area contributed by atoms with Crippen LogP contribution in [0.4, 0.5) is 0 Å². The van der Waals surface area contributed by atoms with E-state index in [0.29, 0.717) is 32.5 Å². The number of amides is 1. The number of piperidine rings is 1. The van der Waals surface area contributed by atoms with Gasteiger partial charge in [0.1, 0.15) is 4.90 Å². The van der Waals surface area contributed by atoms with Gasteiger partial charge in [-0.15, -0.1) is 0 Å².